The van der Waals surface area contributed by atoms with Crippen LogP contribution in [0.1, 0.15) is 23.7 Å². The van der Waals surface area contributed by atoms with E-state index in [0.717, 1.165) is 10.2 Å². The summed E-state index contributed by atoms with van der Waals surface area (Å²) in [6, 6.07) is 3.56. The van der Waals surface area contributed by atoms with Crippen molar-refractivity contribution in [2.24, 2.45) is 0 Å². The number of ketones is 1. The molecule has 0 aliphatic carbocycles. The first-order chi connectivity index (χ1) is 9.02. The van der Waals surface area contributed by atoms with Gasteiger partial charge in [-0.15, -0.1) is 0 Å². The maximum atomic E-state index is 11.8. The van der Waals surface area contributed by atoms with E-state index in [1.54, 1.807) is 13.0 Å². The minimum absolute atomic E-state index is 0.234. The van der Waals surface area contributed by atoms with Crippen LogP contribution in [0.15, 0.2) is 21.1 Å². The third kappa shape index (κ3) is 3.17. The Morgan fingerprint density at radius 1 is 1.37 bits per heavy atom. The third-order valence-electron chi connectivity index (χ3n) is 2.90. The summed E-state index contributed by atoms with van der Waals surface area (Å²) in [5.41, 5.74) is 1.38. The van der Waals surface area contributed by atoms with E-state index in [9.17, 15) is 9.59 Å². The van der Waals surface area contributed by atoms with Crippen molar-refractivity contribution >= 4 is 49.3 Å². The number of hydrogen-bond donors (Lipinski definition) is 0. The van der Waals surface area contributed by atoms with Crippen LogP contribution in [0.2, 0.25) is 0 Å². The van der Waals surface area contributed by atoms with Crippen molar-refractivity contribution in [3.63, 3.8) is 0 Å². The second-order valence-electron chi connectivity index (χ2n) is 4.21. The van der Waals surface area contributed by atoms with E-state index >= 15 is 0 Å². The average Bonchev–Trinajstić information content (AvgIpc) is 2.78. The molecule has 1 aromatic rings. The predicted molar refractivity (Wildman–Crippen MR) is 79.6 cm³/mol. The van der Waals surface area contributed by atoms with Crippen molar-refractivity contribution in [2.75, 3.05) is 24.6 Å². The van der Waals surface area contributed by atoms with Crippen LogP contribution in [0.25, 0.3) is 0 Å². The number of benzene rings is 1. The molecule has 1 aromatic carbocycles. The molecule has 6 heteroatoms. The number of Topliss-reactive ketones (excluding diaryl/α,β-unsaturated/α-hetero) is 1. The second kappa shape index (κ2) is 6.05. The van der Waals surface area contributed by atoms with E-state index in [0.29, 0.717) is 36.2 Å². The van der Waals surface area contributed by atoms with Crippen molar-refractivity contribution in [3.8, 4) is 0 Å². The van der Waals surface area contributed by atoms with Crippen LogP contribution in [0, 0.1) is 0 Å². The SMILES string of the molecule is CCOC(=O)c1cc(Br)c(N2CCC(=O)C2)cc1Br. The number of esters is 1. The molecule has 2 rings (SSSR count). The van der Waals surface area contributed by atoms with Crippen LogP contribution in [0.3, 0.4) is 0 Å². The Labute approximate surface area is 128 Å². The third-order valence-corrected chi connectivity index (χ3v) is 4.19. The van der Waals surface area contributed by atoms with E-state index in [4.69, 9.17) is 4.74 Å². The standard InChI is InChI=1S/C13H13Br2NO3/c1-2-19-13(18)9-5-11(15)12(6-10(9)14)16-4-3-8(17)7-16/h5-6H,2-4,7H2,1H3. The molecule has 0 bridgehead atoms. The van der Waals surface area contributed by atoms with Gasteiger partial charge in [-0.25, -0.2) is 4.79 Å². The van der Waals surface area contributed by atoms with Crippen LogP contribution in [-0.4, -0.2) is 31.4 Å². The molecule has 1 aliphatic rings. The molecule has 102 valence electrons. The average molecular weight is 391 g/mol. The van der Waals surface area contributed by atoms with Crippen molar-refractivity contribution < 1.29 is 14.3 Å². The van der Waals surface area contributed by atoms with Gasteiger partial charge in [-0.2, -0.15) is 0 Å². The first-order valence-corrected chi connectivity index (χ1v) is 7.54. The van der Waals surface area contributed by atoms with Crippen LogP contribution in [-0.2, 0) is 9.53 Å². The van der Waals surface area contributed by atoms with Crippen molar-refractivity contribution in [1.82, 2.24) is 0 Å². The summed E-state index contributed by atoms with van der Waals surface area (Å²) >= 11 is 6.83. The lowest BCUT2D eigenvalue weighted by atomic mass is 10.2. The summed E-state index contributed by atoms with van der Waals surface area (Å²) < 4.78 is 6.44. The van der Waals surface area contributed by atoms with Crippen LogP contribution in [0.4, 0.5) is 5.69 Å². The zero-order valence-electron chi connectivity index (χ0n) is 10.4. The van der Waals surface area contributed by atoms with Gasteiger partial charge in [0.1, 0.15) is 0 Å². The topological polar surface area (TPSA) is 46.6 Å². The molecule has 19 heavy (non-hydrogen) atoms. The lowest BCUT2D eigenvalue weighted by Gasteiger charge is -2.19. The number of carbonyl (C=O) groups excluding carboxylic acids is 2. The van der Waals surface area contributed by atoms with Gasteiger partial charge < -0.3 is 9.64 Å². The zero-order valence-corrected chi connectivity index (χ0v) is 13.6. The minimum atomic E-state index is -0.362. The monoisotopic (exact) mass is 389 g/mol. The molecule has 0 aromatic heterocycles. The Morgan fingerprint density at radius 3 is 2.68 bits per heavy atom. The number of carbonyl (C=O) groups is 2. The van der Waals surface area contributed by atoms with Gasteiger partial charge in [0.15, 0.2) is 5.78 Å². The van der Waals surface area contributed by atoms with E-state index in [1.165, 1.54) is 0 Å². The van der Waals surface area contributed by atoms with E-state index in [1.807, 2.05) is 11.0 Å². The first kappa shape index (κ1) is 14.5. The Morgan fingerprint density at radius 2 is 2.11 bits per heavy atom. The molecule has 0 atom stereocenters. The van der Waals surface area contributed by atoms with Gasteiger partial charge in [-0.3, -0.25) is 4.79 Å². The van der Waals surface area contributed by atoms with Gasteiger partial charge in [0.05, 0.1) is 24.4 Å². The predicted octanol–water partition coefficient (Wildman–Crippen LogP) is 3.17. The number of anilines is 1. The summed E-state index contributed by atoms with van der Waals surface area (Å²) in [5.74, 6) is -0.128. The molecule has 0 N–H and O–H groups in total. The molecule has 0 saturated carbocycles. The Hall–Kier alpha value is -0.880. The normalized spacial score (nSPS) is 14.9. The molecular formula is C13H13Br2NO3. The first-order valence-electron chi connectivity index (χ1n) is 5.95. The summed E-state index contributed by atoms with van der Waals surface area (Å²) in [6.07, 6.45) is 0.573. The van der Waals surface area contributed by atoms with E-state index < -0.39 is 0 Å². The molecule has 1 saturated heterocycles. The number of nitrogens with zero attached hydrogens (tertiary/aromatic N) is 1. The lowest BCUT2D eigenvalue weighted by molar-refractivity contribution is -0.116. The van der Waals surface area contributed by atoms with Crippen LogP contribution < -0.4 is 4.90 Å². The molecule has 1 fully saturated rings. The Kier molecular flexibility index (Phi) is 4.62. The van der Waals surface area contributed by atoms with Gasteiger partial charge in [0.25, 0.3) is 0 Å². The molecular weight excluding hydrogens is 378 g/mol. The van der Waals surface area contributed by atoms with Crippen molar-refractivity contribution in [3.05, 3.63) is 26.6 Å². The minimum Gasteiger partial charge on any atom is -0.462 e. The summed E-state index contributed by atoms with van der Waals surface area (Å²) in [7, 11) is 0. The maximum Gasteiger partial charge on any atom is 0.339 e. The van der Waals surface area contributed by atoms with Gasteiger partial charge in [-0.05, 0) is 50.9 Å². The molecule has 0 radical (unpaired) electrons. The summed E-state index contributed by atoms with van der Waals surface area (Å²) in [6.45, 7) is 3.24. The van der Waals surface area contributed by atoms with E-state index in [2.05, 4.69) is 31.9 Å². The number of rotatable bonds is 3. The zero-order chi connectivity index (χ0) is 14.0. The molecule has 4 nitrogen and oxygen atoms in total. The summed E-state index contributed by atoms with van der Waals surface area (Å²) in [4.78, 5) is 25.1. The Bertz CT molecular complexity index is 531. The highest BCUT2D eigenvalue weighted by Gasteiger charge is 2.23. The molecule has 0 unspecified atom stereocenters. The van der Waals surface area contributed by atoms with Gasteiger partial charge in [0, 0.05) is 21.9 Å². The van der Waals surface area contributed by atoms with Crippen molar-refractivity contribution in [1.29, 1.82) is 0 Å². The fourth-order valence-electron chi connectivity index (χ4n) is 1.98. The smallest absolute Gasteiger partial charge is 0.339 e. The maximum absolute atomic E-state index is 11.8. The van der Waals surface area contributed by atoms with Gasteiger partial charge >= 0.3 is 5.97 Å². The van der Waals surface area contributed by atoms with Crippen molar-refractivity contribution in [2.45, 2.75) is 13.3 Å². The lowest BCUT2D eigenvalue weighted by Crippen LogP contribution is -2.20. The number of halogens is 2. The van der Waals surface area contributed by atoms with Gasteiger partial charge in [0.2, 0.25) is 0 Å². The fraction of sp³-hybridized carbons (Fsp3) is 0.385. The van der Waals surface area contributed by atoms with Crippen LogP contribution >= 0.6 is 31.9 Å². The Balaban J connectivity index is 2.31. The fourth-order valence-corrected chi connectivity index (χ4v) is 3.07. The largest absolute Gasteiger partial charge is 0.462 e. The molecule has 0 spiro atoms. The molecule has 1 heterocycles. The van der Waals surface area contributed by atoms with Crippen LogP contribution in [0.5, 0.6) is 0 Å². The number of hydrogen-bond acceptors (Lipinski definition) is 4. The quantitative estimate of drug-likeness (QED) is 0.743. The molecule has 1 aliphatic heterocycles. The second-order valence-corrected chi connectivity index (χ2v) is 5.92. The highest BCUT2D eigenvalue weighted by atomic mass is 79.9. The highest BCUT2D eigenvalue weighted by molar-refractivity contribution is 9.11. The summed E-state index contributed by atoms with van der Waals surface area (Å²) in [5, 5.41) is 0. The van der Waals surface area contributed by atoms with Gasteiger partial charge in [-0.1, -0.05) is 0 Å². The van der Waals surface area contributed by atoms with E-state index in [-0.39, 0.29) is 11.8 Å². The molecule has 0 amide bonds. The highest BCUT2D eigenvalue weighted by Crippen LogP contribution is 2.34. The number of ether oxygens (including phenoxy) is 1.